The van der Waals surface area contributed by atoms with Crippen LogP contribution in [0.15, 0.2) is 24.4 Å². The van der Waals surface area contributed by atoms with Gasteiger partial charge in [0.2, 0.25) is 0 Å². The van der Waals surface area contributed by atoms with Crippen LogP contribution in [-0.2, 0) is 6.18 Å². The Morgan fingerprint density at radius 3 is 2.35 bits per heavy atom. The number of benzene rings is 1. The second kappa shape index (κ2) is 4.67. The van der Waals surface area contributed by atoms with Crippen molar-refractivity contribution in [2.75, 3.05) is 0 Å². The molecule has 0 radical (unpaired) electrons. The van der Waals surface area contributed by atoms with Crippen molar-refractivity contribution in [3.63, 3.8) is 0 Å². The van der Waals surface area contributed by atoms with Gasteiger partial charge >= 0.3 is 12.4 Å². The third-order valence-electron chi connectivity index (χ3n) is 3.20. The Morgan fingerprint density at radius 1 is 1.04 bits per heavy atom. The standard InChI is InChI=1S/C13H5F6N3O/c14-12(15,16)10-7-4-6(11(23)13(17,18)19)5-2-1-3-20-8(5)9(7)21-22-10/h1-4H,(H,21,22). The first kappa shape index (κ1) is 15.3. The number of aromatic amines is 1. The minimum atomic E-state index is -5.22. The zero-order valence-corrected chi connectivity index (χ0v) is 10.9. The van der Waals surface area contributed by atoms with E-state index in [1.54, 1.807) is 5.10 Å². The van der Waals surface area contributed by atoms with Crippen molar-refractivity contribution in [1.82, 2.24) is 15.2 Å². The molecular formula is C13H5F6N3O. The molecule has 0 aliphatic heterocycles. The molecule has 4 nitrogen and oxygen atoms in total. The summed E-state index contributed by atoms with van der Waals surface area (Å²) in [7, 11) is 0. The van der Waals surface area contributed by atoms with E-state index in [4.69, 9.17) is 0 Å². The molecule has 0 spiro atoms. The van der Waals surface area contributed by atoms with E-state index in [1.807, 2.05) is 0 Å². The molecule has 0 saturated heterocycles. The number of Topliss-reactive ketones (excluding diaryl/α,β-unsaturated/α-hetero) is 1. The number of rotatable bonds is 1. The molecule has 1 aromatic carbocycles. The van der Waals surface area contributed by atoms with Crippen LogP contribution in [0.4, 0.5) is 26.3 Å². The van der Waals surface area contributed by atoms with Gasteiger partial charge in [-0.1, -0.05) is 6.07 Å². The van der Waals surface area contributed by atoms with E-state index < -0.39 is 34.8 Å². The fourth-order valence-corrected chi connectivity index (χ4v) is 2.26. The summed E-state index contributed by atoms with van der Waals surface area (Å²) in [6, 6.07) is 2.99. The third-order valence-corrected chi connectivity index (χ3v) is 3.20. The minimum absolute atomic E-state index is 0.218. The molecule has 3 aromatic rings. The van der Waals surface area contributed by atoms with E-state index in [1.165, 1.54) is 18.3 Å². The largest absolute Gasteiger partial charge is 0.454 e. The number of fused-ring (bicyclic) bond motifs is 3. The Kier molecular flexibility index (Phi) is 3.10. The molecule has 1 N–H and O–H groups in total. The number of aromatic nitrogens is 3. The Hall–Kier alpha value is -2.65. The second-order valence-corrected chi connectivity index (χ2v) is 4.64. The average molecular weight is 333 g/mol. The molecule has 120 valence electrons. The molecular weight excluding hydrogens is 328 g/mol. The second-order valence-electron chi connectivity index (χ2n) is 4.64. The van der Waals surface area contributed by atoms with Crippen LogP contribution < -0.4 is 0 Å². The van der Waals surface area contributed by atoms with Crippen molar-refractivity contribution in [3.05, 3.63) is 35.7 Å². The van der Waals surface area contributed by atoms with E-state index >= 15 is 0 Å². The van der Waals surface area contributed by atoms with Crippen LogP contribution in [-0.4, -0.2) is 27.1 Å². The number of nitrogens with one attached hydrogen (secondary N) is 1. The normalized spacial score (nSPS) is 13.0. The van der Waals surface area contributed by atoms with Crippen LogP contribution in [0, 0.1) is 0 Å². The van der Waals surface area contributed by atoms with Gasteiger partial charge in [0, 0.05) is 22.5 Å². The highest BCUT2D eigenvalue weighted by molar-refractivity contribution is 6.17. The Balaban J connectivity index is 2.45. The summed E-state index contributed by atoms with van der Waals surface area (Å²) in [6.45, 7) is 0. The summed E-state index contributed by atoms with van der Waals surface area (Å²) in [5.41, 5.74) is -2.72. The van der Waals surface area contributed by atoms with E-state index in [0.717, 1.165) is 0 Å². The van der Waals surface area contributed by atoms with Crippen molar-refractivity contribution < 1.29 is 31.1 Å². The molecule has 2 heterocycles. The van der Waals surface area contributed by atoms with E-state index in [2.05, 4.69) is 10.1 Å². The number of carbonyl (C=O) groups is 1. The van der Waals surface area contributed by atoms with E-state index in [9.17, 15) is 31.1 Å². The van der Waals surface area contributed by atoms with Crippen LogP contribution in [0.1, 0.15) is 16.1 Å². The van der Waals surface area contributed by atoms with Crippen LogP contribution >= 0.6 is 0 Å². The van der Waals surface area contributed by atoms with Crippen LogP contribution in [0.2, 0.25) is 0 Å². The monoisotopic (exact) mass is 333 g/mol. The Morgan fingerprint density at radius 2 is 1.74 bits per heavy atom. The van der Waals surface area contributed by atoms with Gasteiger partial charge in [-0.15, -0.1) is 0 Å². The number of hydrogen-bond donors (Lipinski definition) is 1. The fraction of sp³-hybridized carbons (Fsp3) is 0.154. The molecule has 0 saturated carbocycles. The third kappa shape index (κ3) is 2.39. The Bertz CT molecular complexity index is 925. The molecule has 0 amide bonds. The summed E-state index contributed by atoms with van der Waals surface area (Å²) in [5, 5.41) is 4.36. The van der Waals surface area contributed by atoms with Crippen molar-refractivity contribution >= 4 is 27.6 Å². The van der Waals surface area contributed by atoms with Gasteiger partial charge in [0.05, 0.1) is 5.52 Å². The number of halogens is 6. The smallest absolute Gasteiger partial charge is 0.284 e. The first-order chi connectivity index (χ1) is 10.6. The fourth-order valence-electron chi connectivity index (χ4n) is 2.26. The summed E-state index contributed by atoms with van der Waals surface area (Å²) in [6.07, 6.45) is -8.90. The number of carbonyl (C=O) groups excluding carboxylic acids is 1. The number of alkyl halides is 6. The van der Waals surface area contributed by atoms with Crippen molar-refractivity contribution in [3.8, 4) is 0 Å². The first-order valence-corrected chi connectivity index (χ1v) is 6.05. The molecule has 0 atom stereocenters. The number of H-pyrrole nitrogens is 1. The topological polar surface area (TPSA) is 58.6 Å². The van der Waals surface area contributed by atoms with Gasteiger partial charge in [0.15, 0.2) is 0 Å². The number of hydrogen-bond acceptors (Lipinski definition) is 3. The molecule has 0 fully saturated rings. The van der Waals surface area contributed by atoms with Gasteiger partial charge in [0.25, 0.3) is 5.78 Å². The van der Waals surface area contributed by atoms with Crippen molar-refractivity contribution in [2.24, 2.45) is 0 Å². The molecule has 0 bridgehead atoms. The van der Waals surface area contributed by atoms with E-state index in [0.29, 0.717) is 6.07 Å². The maximum atomic E-state index is 12.9. The van der Waals surface area contributed by atoms with Crippen LogP contribution in [0.25, 0.3) is 21.8 Å². The zero-order chi connectivity index (χ0) is 17.0. The molecule has 2 aromatic heterocycles. The summed E-state index contributed by atoms with van der Waals surface area (Å²) in [4.78, 5) is 15.3. The Labute approximate surface area is 123 Å². The van der Waals surface area contributed by atoms with Gasteiger partial charge in [0.1, 0.15) is 11.2 Å². The van der Waals surface area contributed by atoms with Gasteiger partial charge in [-0.25, -0.2) is 0 Å². The number of pyridine rings is 1. The van der Waals surface area contributed by atoms with Gasteiger partial charge in [-0.3, -0.25) is 14.9 Å². The van der Waals surface area contributed by atoms with Crippen molar-refractivity contribution in [1.29, 1.82) is 0 Å². The molecule has 23 heavy (non-hydrogen) atoms. The predicted octanol–water partition coefficient (Wildman–Crippen LogP) is 3.87. The quantitative estimate of drug-likeness (QED) is 0.543. The molecule has 0 unspecified atom stereocenters. The lowest BCUT2D eigenvalue weighted by molar-refractivity contribution is -0.139. The number of nitrogens with zero attached hydrogens (tertiary/aromatic N) is 2. The van der Waals surface area contributed by atoms with Crippen molar-refractivity contribution in [2.45, 2.75) is 12.4 Å². The molecule has 0 aliphatic carbocycles. The predicted molar refractivity (Wildman–Crippen MR) is 66.8 cm³/mol. The lowest BCUT2D eigenvalue weighted by atomic mass is 10.0. The van der Waals surface area contributed by atoms with Gasteiger partial charge in [-0.2, -0.15) is 31.4 Å². The van der Waals surface area contributed by atoms with Gasteiger partial charge < -0.3 is 0 Å². The number of ketones is 1. The summed E-state index contributed by atoms with van der Waals surface area (Å²) >= 11 is 0. The van der Waals surface area contributed by atoms with Crippen LogP contribution in [0.5, 0.6) is 0 Å². The first-order valence-electron chi connectivity index (χ1n) is 6.05. The van der Waals surface area contributed by atoms with E-state index in [-0.39, 0.29) is 16.4 Å². The molecule has 0 aliphatic rings. The lowest BCUT2D eigenvalue weighted by Gasteiger charge is -2.10. The highest BCUT2D eigenvalue weighted by Crippen LogP contribution is 2.37. The summed E-state index contributed by atoms with van der Waals surface area (Å²) in [5.74, 6) is -2.24. The maximum Gasteiger partial charge on any atom is 0.454 e. The zero-order valence-electron chi connectivity index (χ0n) is 10.9. The highest BCUT2D eigenvalue weighted by atomic mass is 19.4. The minimum Gasteiger partial charge on any atom is -0.284 e. The lowest BCUT2D eigenvalue weighted by Crippen LogP contribution is -2.23. The van der Waals surface area contributed by atoms with Crippen LogP contribution in [0.3, 0.4) is 0 Å². The molecule has 3 rings (SSSR count). The van der Waals surface area contributed by atoms with Gasteiger partial charge in [-0.05, 0) is 12.1 Å². The highest BCUT2D eigenvalue weighted by Gasteiger charge is 2.42. The molecule has 10 heteroatoms. The SMILES string of the molecule is O=C(c1cc2c(C(F)(F)F)[nH]nc2c2ncccc12)C(F)(F)F. The summed E-state index contributed by atoms with van der Waals surface area (Å²) < 4.78 is 76.9. The average Bonchev–Trinajstić information content (AvgIpc) is 2.88. The maximum absolute atomic E-state index is 12.9.